The Bertz CT molecular complexity index is 288. The monoisotopic (exact) mass is 221 g/mol. The number of aromatic amines is 1. The minimum Gasteiger partial charge on any atom is -0.364 e. The van der Waals surface area contributed by atoms with Crippen LogP contribution in [0, 0.1) is 5.92 Å². The predicted molar refractivity (Wildman–Crippen MR) is 67.4 cm³/mol. The number of H-pyrrole nitrogens is 1. The van der Waals surface area contributed by atoms with E-state index in [0.717, 1.165) is 5.92 Å². The fraction of sp³-hybridized carbons (Fsp3) is 0.692. The Morgan fingerprint density at radius 1 is 1.56 bits per heavy atom. The molecule has 2 heterocycles. The van der Waals surface area contributed by atoms with E-state index < -0.39 is 0 Å². The van der Waals surface area contributed by atoms with Gasteiger partial charge in [0.25, 0.3) is 0 Å². The fourth-order valence-corrected chi connectivity index (χ4v) is 2.49. The van der Waals surface area contributed by atoms with E-state index in [-0.39, 0.29) is 0 Å². The number of rotatable bonds is 4. The van der Waals surface area contributed by atoms with E-state index in [0.29, 0.717) is 6.04 Å². The summed E-state index contributed by atoms with van der Waals surface area (Å²) in [6.45, 7) is 5.84. The zero-order chi connectivity index (χ0) is 11.4. The van der Waals surface area contributed by atoms with Gasteiger partial charge in [0.15, 0.2) is 0 Å². The lowest BCUT2D eigenvalue weighted by atomic mass is 9.98. The molecular formula is C13H23N3. The standard InChI is InChI=1S/C13H23N3/c1-11(13-6-4-8-15-13)16(2)10-12-5-3-7-14-9-12/h4,6,8,11-12,14-15H,3,5,7,9-10H2,1-2H3/t11-,12+/m0/s1. The first kappa shape index (κ1) is 11.7. The van der Waals surface area contributed by atoms with E-state index in [1.54, 1.807) is 0 Å². The average molecular weight is 221 g/mol. The van der Waals surface area contributed by atoms with Crippen molar-refractivity contribution in [3.05, 3.63) is 24.0 Å². The van der Waals surface area contributed by atoms with Gasteiger partial charge in [-0.05, 0) is 58.0 Å². The van der Waals surface area contributed by atoms with Crippen LogP contribution in [-0.2, 0) is 0 Å². The highest BCUT2D eigenvalue weighted by molar-refractivity contribution is 5.08. The smallest absolute Gasteiger partial charge is 0.0467 e. The van der Waals surface area contributed by atoms with Crippen molar-refractivity contribution in [3.63, 3.8) is 0 Å². The Labute approximate surface area is 98.2 Å². The molecule has 0 aromatic carbocycles. The van der Waals surface area contributed by atoms with Gasteiger partial charge in [0.1, 0.15) is 0 Å². The number of hydrogen-bond donors (Lipinski definition) is 2. The second-order valence-corrected chi connectivity index (χ2v) is 4.95. The van der Waals surface area contributed by atoms with E-state index in [4.69, 9.17) is 0 Å². The van der Waals surface area contributed by atoms with E-state index in [1.807, 2.05) is 6.20 Å². The molecule has 2 rings (SSSR count). The topological polar surface area (TPSA) is 31.1 Å². The SMILES string of the molecule is C[C@@H](c1ccc[nH]1)N(C)C[C@@H]1CCCNC1. The molecule has 0 bridgehead atoms. The molecule has 1 fully saturated rings. The molecule has 1 aromatic rings. The average Bonchev–Trinajstić information content (AvgIpc) is 2.83. The van der Waals surface area contributed by atoms with Gasteiger partial charge in [0.05, 0.1) is 0 Å². The van der Waals surface area contributed by atoms with Crippen LogP contribution in [0.1, 0.15) is 31.5 Å². The van der Waals surface area contributed by atoms with Gasteiger partial charge in [0, 0.05) is 24.5 Å². The minimum atomic E-state index is 0.483. The van der Waals surface area contributed by atoms with Gasteiger partial charge in [-0.25, -0.2) is 0 Å². The third-order valence-electron chi connectivity index (χ3n) is 3.68. The maximum absolute atomic E-state index is 3.48. The van der Waals surface area contributed by atoms with E-state index in [1.165, 1.54) is 38.2 Å². The van der Waals surface area contributed by atoms with Crippen LogP contribution in [0.3, 0.4) is 0 Å². The van der Waals surface area contributed by atoms with Crippen LogP contribution in [0.4, 0.5) is 0 Å². The lowest BCUT2D eigenvalue weighted by Crippen LogP contribution is -2.37. The largest absolute Gasteiger partial charge is 0.364 e. The summed E-state index contributed by atoms with van der Waals surface area (Å²) in [6, 6.07) is 4.72. The molecule has 1 aliphatic rings. The second-order valence-electron chi connectivity index (χ2n) is 4.95. The number of nitrogens with one attached hydrogen (secondary N) is 2. The maximum atomic E-state index is 3.48. The highest BCUT2D eigenvalue weighted by atomic mass is 15.1. The third-order valence-corrected chi connectivity index (χ3v) is 3.68. The van der Waals surface area contributed by atoms with Gasteiger partial charge in [0.2, 0.25) is 0 Å². The van der Waals surface area contributed by atoms with E-state index in [2.05, 4.69) is 41.3 Å². The second kappa shape index (κ2) is 5.51. The quantitative estimate of drug-likeness (QED) is 0.815. The lowest BCUT2D eigenvalue weighted by molar-refractivity contribution is 0.197. The molecule has 2 atom stereocenters. The van der Waals surface area contributed by atoms with Gasteiger partial charge in [-0.3, -0.25) is 4.90 Å². The maximum Gasteiger partial charge on any atom is 0.0467 e. The molecule has 1 aliphatic heterocycles. The van der Waals surface area contributed by atoms with Crippen molar-refractivity contribution in [1.29, 1.82) is 0 Å². The van der Waals surface area contributed by atoms with Gasteiger partial charge < -0.3 is 10.3 Å². The summed E-state index contributed by atoms with van der Waals surface area (Å²) in [5, 5.41) is 3.48. The molecule has 90 valence electrons. The van der Waals surface area contributed by atoms with Crippen molar-refractivity contribution >= 4 is 0 Å². The summed E-state index contributed by atoms with van der Waals surface area (Å²) in [7, 11) is 2.22. The molecule has 3 nitrogen and oxygen atoms in total. The first-order chi connectivity index (χ1) is 7.77. The summed E-state index contributed by atoms with van der Waals surface area (Å²) < 4.78 is 0. The van der Waals surface area contributed by atoms with Crippen LogP contribution in [-0.4, -0.2) is 36.6 Å². The zero-order valence-electron chi connectivity index (χ0n) is 10.4. The van der Waals surface area contributed by atoms with Crippen molar-refractivity contribution in [3.8, 4) is 0 Å². The first-order valence-corrected chi connectivity index (χ1v) is 6.31. The van der Waals surface area contributed by atoms with Crippen LogP contribution in [0.5, 0.6) is 0 Å². The molecular weight excluding hydrogens is 198 g/mol. The highest BCUT2D eigenvalue weighted by Crippen LogP contribution is 2.19. The number of nitrogens with zero attached hydrogens (tertiary/aromatic N) is 1. The molecule has 0 unspecified atom stereocenters. The van der Waals surface area contributed by atoms with Gasteiger partial charge in [-0.1, -0.05) is 0 Å². The molecule has 3 heteroatoms. The number of hydrogen-bond acceptors (Lipinski definition) is 2. The van der Waals surface area contributed by atoms with Gasteiger partial charge in [-0.15, -0.1) is 0 Å². The van der Waals surface area contributed by atoms with Crippen LogP contribution < -0.4 is 5.32 Å². The summed E-state index contributed by atoms with van der Waals surface area (Å²) >= 11 is 0. The molecule has 1 saturated heterocycles. The Hall–Kier alpha value is -0.800. The molecule has 16 heavy (non-hydrogen) atoms. The zero-order valence-corrected chi connectivity index (χ0v) is 10.4. The minimum absolute atomic E-state index is 0.483. The number of piperidine rings is 1. The predicted octanol–water partition coefficient (Wildman–Crippen LogP) is 2.01. The fourth-order valence-electron chi connectivity index (χ4n) is 2.49. The molecule has 2 N–H and O–H groups in total. The third kappa shape index (κ3) is 2.86. The van der Waals surface area contributed by atoms with Crippen molar-refractivity contribution in [2.24, 2.45) is 5.92 Å². The van der Waals surface area contributed by atoms with Crippen molar-refractivity contribution in [2.75, 3.05) is 26.7 Å². The lowest BCUT2D eigenvalue weighted by Gasteiger charge is -2.31. The van der Waals surface area contributed by atoms with Crippen molar-refractivity contribution in [2.45, 2.75) is 25.8 Å². The molecule has 1 aromatic heterocycles. The molecule has 0 radical (unpaired) electrons. The summed E-state index contributed by atoms with van der Waals surface area (Å²) in [6.07, 6.45) is 4.70. The van der Waals surface area contributed by atoms with Crippen LogP contribution >= 0.6 is 0 Å². The number of aromatic nitrogens is 1. The molecule has 0 spiro atoms. The van der Waals surface area contributed by atoms with Crippen LogP contribution in [0.25, 0.3) is 0 Å². The summed E-state index contributed by atoms with van der Waals surface area (Å²) in [5.41, 5.74) is 1.31. The Morgan fingerprint density at radius 3 is 3.06 bits per heavy atom. The summed E-state index contributed by atoms with van der Waals surface area (Å²) in [4.78, 5) is 5.75. The van der Waals surface area contributed by atoms with Crippen molar-refractivity contribution in [1.82, 2.24) is 15.2 Å². The Balaban J connectivity index is 1.84. The van der Waals surface area contributed by atoms with Crippen LogP contribution in [0.15, 0.2) is 18.3 Å². The Kier molecular flexibility index (Phi) is 4.02. The molecule has 0 saturated carbocycles. The van der Waals surface area contributed by atoms with Gasteiger partial charge >= 0.3 is 0 Å². The molecule has 0 amide bonds. The normalized spacial score (nSPS) is 23.6. The first-order valence-electron chi connectivity index (χ1n) is 6.31. The molecule has 0 aliphatic carbocycles. The van der Waals surface area contributed by atoms with E-state index in [9.17, 15) is 0 Å². The van der Waals surface area contributed by atoms with Crippen molar-refractivity contribution < 1.29 is 0 Å². The van der Waals surface area contributed by atoms with Gasteiger partial charge in [-0.2, -0.15) is 0 Å². The Morgan fingerprint density at radius 2 is 2.44 bits per heavy atom. The van der Waals surface area contributed by atoms with E-state index >= 15 is 0 Å². The van der Waals surface area contributed by atoms with Crippen LogP contribution in [0.2, 0.25) is 0 Å². The highest BCUT2D eigenvalue weighted by Gasteiger charge is 2.18. The summed E-state index contributed by atoms with van der Waals surface area (Å²) in [5.74, 6) is 0.816.